The van der Waals surface area contributed by atoms with E-state index in [4.69, 9.17) is 28.4 Å². The fraction of sp³-hybridized carbons (Fsp3) is 0.812. The Balaban J connectivity index is 2.05. The van der Waals surface area contributed by atoms with Crippen LogP contribution < -0.4 is 0 Å². The Morgan fingerprint density at radius 1 is 0.421 bits per heavy atom. The molecule has 1 rings (SSSR count). The fourth-order valence-corrected chi connectivity index (χ4v) is 5.16. The molecule has 222 valence electrons. The normalized spacial score (nSPS) is 12.4. The summed E-state index contributed by atoms with van der Waals surface area (Å²) in [5, 5.41) is 0. The van der Waals surface area contributed by atoms with Crippen molar-refractivity contribution in [1.82, 2.24) is 0 Å². The quantitative estimate of drug-likeness (QED) is 0.0875. The van der Waals surface area contributed by atoms with Crippen molar-refractivity contribution < 1.29 is 28.4 Å². The van der Waals surface area contributed by atoms with Crippen LogP contribution in [0.25, 0.3) is 0 Å². The molecule has 0 bridgehead atoms. The van der Waals surface area contributed by atoms with Crippen molar-refractivity contribution in [1.29, 1.82) is 0 Å². The van der Waals surface area contributed by atoms with Gasteiger partial charge in [0.05, 0.1) is 0 Å². The first-order valence-electron chi connectivity index (χ1n) is 14.9. The van der Waals surface area contributed by atoms with Crippen LogP contribution in [0.3, 0.4) is 0 Å². The molecule has 1 aromatic rings. The van der Waals surface area contributed by atoms with E-state index in [1.165, 1.54) is 101 Å². The monoisotopic (exact) mass is 538 g/mol. The molecule has 0 aliphatic heterocycles. The van der Waals surface area contributed by atoms with Gasteiger partial charge in [-0.1, -0.05) is 88.5 Å². The first kappa shape index (κ1) is 35.0. The molecule has 0 aromatic heterocycles. The number of aryl methyl sites for hydroxylation is 2. The van der Waals surface area contributed by atoms with Gasteiger partial charge in [-0.2, -0.15) is 0 Å². The van der Waals surface area contributed by atoms with Gasteiger partial charge in [0.25, 0.3) is 11.9 Å². The number of ether oxygens (including phenoxy) is 6. The van der Waals surface area contributed by atoms with Gasteiger partial charge in [-0.05, 0) is 49.7 Å². The molecular weight excluding hydrogens is 480 g/mol. The van der Waals surface area contributed by atoms with E-state index in [0.717, 1.165) is 25.7 Å². The third-order valence-electron chi connectivity index (χ3n) is 7.75. The summed E-state index contributed by atoms with van der Waals surface area (Å²) in [6, 6.07) is 9.26. The van der Waals surface area contributed by atoms with Gasteiger partial charge in [0.15, 0.2) is 0 Å². The van der Waals surface area contributed by atoms with Crippen LogP contribution in [-0.2, 0) is 41.3 Å². The average molecular weight is 539 g/mol. The van der Waals surface area contributed by atoms with Crippen molar-refractivity contribution in [3.05, 3.63) is 35.4 Å². The van der Waals surface area contributed by atoms with E-state index in [0.29, 0.717) is 0 Å². The molecule has 0 heterocycles. The number of methoxy groups -OCH3 is 6. The Bertz CT molecular complexity index is 602. The second-order valence-electron chi connectivity index (χ2n) is 10.4. The van der Waals surface area contributed by atoms with Crippen LogP contribution in [-0.4, -0.2) is 54.6 Å². The summed E-state index contributed by atoms with van der Waals surface area (Å²) in [6.07, 6.45) is 21.4. The van der Waals surface area contributed by atoms with Crippen molar-refractivity contribution in [3.63, 3.8) is 0 Å². The van der Waals surface area contributed by atoms with Gasteiger partial charge in [0, 0.05) is 55.5 Å². The highest BCUT2D eigenvalue weighted by Gasteiger charge is 2.29. The lowest BCUT2D eigenvalue weighted by molar-refractivity contribution is -0.355. The van der Waals surface area contributed by atoms with Crippen LogP contribution >= 0.6 is 0 Å². The Kier molecular flexibility index (Phi) is 20.0. The third kappa shape index (κ3) is 14.4. The molecule has 0 atom stereocenters. The molecule has 0 radical (unpaired) electrons. The van der Waals surface area contributed by atoms with Crippen LogP contribution in [0.4, 0.5) is 0 Å². The number of unbranched alkanes of at least 4 members (excludes halogenated alkanes) is 12. The van der Waals surface area contributed by atoms with Crippen LogP contribution in [0.2, 0.25) is 0 Å². The van der Waals surface area contributed by atoms with Gasteiger partial charge < -0.3 is 28.4 Å². The SMILES string of the molecule is COC(CCCCCCCCCc1cccc(CCCCCCCCCC(OC)(OC)OC)c1)(OC)OC. The van der Waals surface area contributed by atoms with E-state index in [1.54, 1.807) is 42.7 Å². The van der Waals surface area contributed by atoms with Gasteiger partial charge in [-0.15, -0.1) is 0 Å². The maximum atomic E-state index is 5.36. The lowest BCUT2D eigenvalue weighted by Crippen LogP contribution is -2.35. The molecule has 0 saturated heterocycles. The maximum absolute atomic E-state index is 5.36. The standard InChI is InChI=1S/C32H58O6/c1-33-31(34-2,35-3)26-19-15-11-7-9-13-17-22-29-24-21-25-30(28-29)23-18-14-10-8-12-16-20-27-32(36-4,37-5)38-6/h21,24-25,28H,7-20,22-23,26-27H2,1-6H3. The second-order valence-corrected chi connectivity index (χ2v) is 10.4. The summed E-state index contributed by atoms with van der Waals surface area (Å²) in [5.41, 5.74) is 2.99. The van der Waals surface area contributed by atoms with Gasteiger partial charge in [-0.3, -0.25) is 0 Å². The zero-order valence-electron chi connectivity index (χ0n) is 25.5. The minimum Gasteiger partial charge on any atom is -0.331 e. The number of benzene rings is 1. The van der Waals surface area contributed by atoms with E-state index in [2.05, 4.69) is 24.3 Å². The Hall–Kier alpha value is -1.02. The molecule has 1 aromatic carbocycles. The summed E-state index contributed by atoms with van der Waals surface area (Å²) in [6.45, 7) is 0. The van der Waals surface area contributed by atoms with E-state index in [-0.39, 0.29) is 0 Å². The van der Waals surface area contributed by atoms with Crippen molar-refractivity contribution in [3.8, 4) is 0 Å². The predicted molar refractivity (Wildman–Crippen MR) is 155 cm³/mol. The summed E-state index contributed by atoms with van der Waals surface area (Å²) in [4.78, 5) is 0. The van der Waals surface area contributed by atoms with Gasteiger partial charge in [0.2, 0.25) is 0 Å². The maximum Gasteiger partial charge on any atom is 0.282 e. The lowest BCUT2D eigenvalue weighted by atomic mass is 9.99. The predicted octanol–water partition coefficient (Wildman–Crippen LogP) is 8.20. The molecule has 0 N–H and O–H groups in total. The minimum absolute atomic E-state index is 0.771. The Morgan fingerprint density at radius 2 is 0.711 bits per heavy atom. The van der Waals surface area contributed by atoms with Gasteiger partial charge in [0.1, 0.15) is 0 Å². The highest BCUT2D eigenvalue weighted by atomic mass is 16.9. The zero-order valence-corrected chi connectivity index (χ0v) is 25.5. The van der Waals surface area contributed by atoms with E-state index < -0.39 is 11.9 Å². The molecule has 0 spiro atoms. The highest BCUT2D eigenvalue weighted by molar-refractivity contribution is 5.23. The molecule has 0 aliphatic rings. The van der Waals surface area contributed by atoms with Crippen LogP contribution in [0.1, 0.15) is 114 Å². The smallest absolute Gasteiger partial charge is 0.282 e. The summed E-state index contributed by atoms with van der Waals surface area (Å²) >= 11 is 0. The first-order chi connectivity index (χ1) is 18.5. The molecular formula is C32H58O6. The van der Waals surface area contributed by atoms with E-state index >= 15 is 0 Å². The van der Waals surface area contributed by atoms with Gasteiger partial charge in [-0.25, -0.2) is 0 Å². The number of rotatable bonds is 26. The Morgan fingerprint density at radius 3 is 1.03 bits per heavy atom. The zero-order chi connectivity index (χ0) is 28.0. The third-order valence-corrected chi connectivity index (χ3v) is 7.75. The fourth-order valence-electron chi connectivity index (χ4n) is 5.16. The molecule has 0 aliphatic carbocycles. The van der Waals surface area contributed by atoms with Gasteiger partial charge >= 0.3 is 0 Å². The summed E-state index contributed by atoms with van der Waals surface area (Å²) < 4.78 is 32.2. The molecule has 0 unspecified atom stereocenters. The van der Waals surface area contributed by atoms with Crippen LogP contribution in [0.15, 0.2) is 24.3 Å². The molecule has 0 saturated carbocycles. The molecule has 6 heteroatoms. The van der Waals surface area contributed by atoms with Crippen molar-refractivity contribution in [2.24, 2.45) is 0 Å². The Labute approximate surface area is 234 Å². The topological polar surface area (TPSA) is 55.4 Å². The largest absolute Gasteiger partial charge is 0.331 e. The molecule has 6 nitrogen and oxygen atoms in total. The van der Waals surface area contributed by atoms with E-state index in [9.17, 15) is 0 Å². The number of hydrogen-bond donors (Lipinski definition) is 0. The lowest BCUT2D eigenvalue weighted by Gasteiger charge is -2.28. The molecule has 0 fully saturated rings. The minimum atomic E-state index is -0.872. The molecule has 38 heavy (non-hydrogen) atoms. The molecule has 0 amide bonds. The second kappa shape index (κ2) is 21.8. The van der Waals surface area contributed by atoms with Crippen molar-refractivity contribution in [2.45, 2.75) is 128 Å². The van der Waals surface area contributed by atoms with Crippen molar-refractivity contribution >= 4 is 0 Å². The van der Waals surface area contributed by atoms with Crippen LogP contribution in [0, 0.1) is 0 Å². The summed E-state index contributed by atoms with van der Waals surface area (Å²) in [5.74, 6) is -1.74. The van der Waals surface area contributed by atoms with Crippen LogP contribution in [0.5, 0.6) is 0 Å². The highest BCUT2D eigenvalue weighted by Crippen LogP contribution is 2.23. The van der Waals surface area contributed by atoms with E-state index in [1.807, 2.05) is 0 Å². The first-order valence-corrected chi connectivity index (χ1v) is 14.9. The number of hydrogen-bond acceptors (Lipinski definition) is 6. The summed E-state index contributed by atoms with van der Waals surface area (Å²) in [7, 11) is 9.80. The average Bonchev–Trinajstić information content (AvgIpc) is 2.96. The van der Waals surface area contributed by atoms with Crippen molar-refractivity contribution in [2.75, 3.05) is 42.7 Å².